The van der Waals surface area contributed by atoms with Crippen LogP contribution >= 0.6 is 0 Å². The molecular weight excluding hydrogens is 857 g/mol. The van der Waals surface area contributed by atoms with Crippen molar-refractivity contribution in [2.24, 2.45) is 0 Å². The van der Waals surface area contributed by atoms with E-state index < -0.39 is 12.2 Å². The van der Waals surface area contributed by atoms with Gasteiger partial charge < -0.3 is 19.7 Å². The minimum atomic E-state index is -0.953. The number of aliphatic hydroxyl groups is 2. The molecule has 0 heterocycles. The highest BCUT2D eigenvalue weighted by Gasteiger charge is 2.31. The molecule has 0 aromatic heterocycles. The highest BCUT2D eigenvalue weighted by molar-refractivity contribution is 5.77. The summed E-state index contributed by atoms with van der Waals surface area (Å²) in [6, 6.07) is 43.2. The summed E-state index contributed by atoms with van der Waals surface area (Å²) in [5.74, 6) is 1.34. The van der Waals surface area contributed by atoms with Crippen LogP contribution in [0.1, 0.15) is 205 Å². The smallest absolute Gasteiger partial charge is 0.133 e. The summed E-state index contributed by atoms with van der Waals surface area (Å²) in [4.78, 5) is 0. The van der Waals surface area contributed by atoms with Gasteiger partial charge in [0.05, 0.1) is 12.2 Å². The van der Waals surface area contributed by atoms with Crippen molar-refractivity contribution in [2.75, 3.05) is 0 Å². The Morgan fingerprint density at radius 2 is 0.600 bits per heavy atom. The molecule has 4 nitrogen and oxygen atoms in total. The van der Waals surface area contributed by atoms with Crippen molar-refractivity contribution in [1.29, 1.82) is 0 Å². The average molecular weight is 943 g/mol. The Hall–Kier alpha value is -5.16. The lowest BCUT2D eigenvalue weighted by molar-refractivity contribution is 0.110. The highest BCUT2D eigenvalue weighted by atomic mass is 16.5. The van der Waals surface area contributed by atoms with E-state index in [2.05, 4.69) is 210 Å². The van der Waals surface area contributed by atoms with Gasteiger partial charge in [-0.15, -0.1) is 0 Å². The van der Waals surface area contributed by atoms with Crippen molar-refractivity contribution in [3.05, 3.63) is 177 Å². The minimum absolute atomic E-state index is 0.0979. The lowest BCUT2D eigenvalue weighted by atomic mass is 9.77. The van der Waals surface area contributed by atoms with Crippen LogP contribution in [0, 0.1) is 0 Å². The normalized spacial score (nSPS) is 13.8. The molecule has 0 amide bonds. The molecule has 0 aliphatic rings. The van der Waals surface area contributed by atoms with Gasteiger partial charge in [-0.05, 0) is 125 Å². The molecule has 0 saturated heterocycles. The molecule has 2 N–H and O–H groups in total. The molecule has 6 aromatic rings. The Morgan fingerprint density at radius 3 is 0.857 bits per heavy atom. The molecule has 6 aromatic carbocycles. The SMILES string of the molecule is CC(C)(C)c1cc(-c2cc(C(C)(C)C)cc(C(O)CCC(O)c3cc(C(C)(C)C)cc(-c4cc(C(C)(C)C)cc(C(C)(C)C)c4)c3OCc3ccccc3)c2OCc2ccccc2)cc(C(C)(C)C)c1. The molecular formula is C66H86O4. The van der Waals surface area contributed by atoms with Gasteiger partial charge in [-0.25, -0.2) is 0 Å². The van der Waals surface area contributed by atoms with E-state index in [0.717, 1.165) is 55.6 Å². The summed E-state index contributed by atoms with van der Waals surface area (Å²) in [6.07, 6.45) is -1.34. The number of ether oxygens (including phenoxy) is 2. The molecule has 0 aliphatic heterocycles. The van der Waals surface area contributed by atoms with E-state index >= 15 is 0 Å². The van der Waals surface area contributed by atoms with Crippen molar-refractivity contribution in [3.8, 4) is 33.8 Å². The second-order valence-electron chi connectivity index (χ2n) is 26.1. The van der Waals surface area contributed by atoms with E-state index in [0.29, 0.717) is 24.7 Å². The van der Waals surface area contributed by atoms with E-state index in [1.54, 1.807) is 0 Å². The first-order valence-corrected chi connectivity index (χ1v) is 25.7. The summed E-state index contributed by atoms with van der Waals surface area (Å²) in [7, 11) is 0. The van der Waals surface area contributed by atoms with Crippen LogP contribution in [0.3, 0.4) is 0 Å². The fraction of sp³-hybridized carbons (Fsp3) is 0.455. The molecule has 2 unspecified atom stereocenters. The topological polar surface area (TPSA) is 58.9 Å². The van der Waals surface area contributed by atoms with E-state index in [1.807, 2.05) is 36.4 Å². The van der Waals surface area contributed by atoms with Crippen LogP contribution < -0.4 is 9.47 Å². The predicted octanol–water partition coefficient (Wildman–Crippen LogP) is 17.5. The molecule has 0 spiro atoms. The molecule has 0 bridgehead atoms. The van der Waals surface area contributed by atoms with Gasteiger partial charge in [-0.2, -0.15) is 0 Å². The van der Waals surface area contributed by atoms with Crippen molar-refractivity contribution >= 4 is 0 Å². The fourth-order valence-electron chi connectivity index (χ4n) is 8.80. The van der Waals surface area contributed by atoms with E-state index in [9.17, 15) is 10.2 Å². The van der Waals surface area contributed by atoms with Gasteiger partial charge in [0.25, 0.3) is 0 Å². The highest BCUT2D eigenvalue weighted by Crippen LogP contribution is 2.47. The zero-order chi connectivity index (χ0) is 51.8. The molecule has 70 heavy (non-hydrogen) atoms. The van der Waals surface area contributed by atoms with Gasteiger partial charge in [0.15, 0.2) is 0 Å². The zero-order valence-corrected chi connectivity index (χ0v) is 46.2. The maximum absolute atomic E-state index is 12.8. The third kappa shape index (κ3) is 13.4. The molecule has 4 heteroatoms. The molecule has 0 fully saturated rings. The van der Waals surface area contributed by atoms with Crippen LogP contribution in [0.5, 0.6) is 11.5 Å². The fourth-order valence-corrected chi connectivity index (χ4v) is 8.80. The molecule has 374 valence electrons. The number of hydrogen-bond acceptors (Lipinski definition) is 4. The van der Waals surface area contributed by atoms with Gasteiger partial charge in [0, 0.05) is 22.3 Å². The maximum Gasteiger partial charge on any atom is 0.133 e. The van der Waals surface area contributed by atoms with Crippen molar-refractivity contribution in [2.45, 2.75) is 195 Å². The van der Waals surface area contributed by atoms with Crippen LogP contribution in [0.4, 0.5) is 0 Å². The summed E-state index contributed by atoms with van der Waals surface area (Å²) >= 11 is 0. The standard InChI is InChI=1S/C66H86O4/c1-61(2,3)47-31-45(32-48(35-47)62(4,5)6)53-37-51(65(13,14)15)39-55(59(53)69-41-43-25-21-19-22-26-43)57(67)29-30-58(68)56-40-52(66(16,17)18)38-54(60(56)70-42-44-27-23-20-24-28-44)46-33-49(63(7,8)9)36-50(34-46)64(10,11)12/h19-28,31-40,57-58,67-68H,29-30,41-42H2,1-18H3. The Kier molecular flexibility index (Phi) is 15.9. The molecule has 0 aliphatic carbocycles. The Balaban J connectivity index is 1.53. The van der Waals surface area contributed by atoms with Gasteiger partial charge >= 0.3 is 0 Å². The van der Waals surface area contributed by atoms with Crippen LogP contribution in [0.15, 0.2) is 121 Å². The maximum atomic E-state index is 12.8. The number of aliphatic hydroxyl groups excluding tert-OH is 2. The van der Waals surface area contributed by atoms with E-state index in [4.69, 9.17) is 9.47 Å². The Labute approximate surface area is 423 Å². The molecule has 0 radical (unpaired) electrons. The summed E-state index contributed by atoms with van der Waals surface area (Å²) in [5, 5.41) is 25.5. The lowest BCUT2D eigenvalue weighted by Gasteiger charge is -2.30. The van der Waals surface area contributed by atoms with Crippen LogP contribution in [0.2, 0.25) is 0 Å². The minimum Gasteiger partial charge on any atom is -0.488 e. The van der Waals surface area contributed by atoms with Gasteiger partial charge in [0.1, 0.15) is 24.7 Å². The Morgan fingerprint density at radius 1 is 0.343 bits per heavy atom. The van der Waals surface area contributed by atoms with Gasteiger partial charge in [0.2, 0.25) is 0 Å². The van der Waals surface area contributed by atoms with E-state index in [1.165, 1.54) is 22.3 Å². The number of benzene rings is 6. The first-order valence-electron chi connectivity index (χ1n) is 25.7. The van der Waals surface area contributed by atoms with Crippen LogP contribution in [-0.2, 0) is 45.7 Å². The van der Waals surface area contributed by atoms with Crippen molar-refractivity contribution in [3.63, 3.8) is 0 Å². The van der Waals surface area contributed by atoms with Crippen LogP contribution in [0.25, 0.3) is 22.3 Å². The average Bonchev–Trinajstić information content (AvgIpc) is 3.27. The largest absolute Gasteiger partial charge is 0.488 e. The third-order valence-electron chi connectivity index (χ3n) is 13.8. The summed E-state index contributed by atoms with van der Waals surface area (Å²) < 4.78 is 14.0. The number of hydrogen-bond donors (Lipinski definition) is 2. The first-order chi connectivity index (χ1) is 32.3. The number of rotatable bonds is 13. The lowest BCUT2D eigenvalue weighted by Crippen LogP contribution is -2.17. The predicted molar refractivity (Wildman–Crippen MR) is 297 cm³/mol. The van der Waals surface area contributed by atoms with Gasteiger partial charge in [-0.1, -0.05) is 222 Å². The third-order valence-corrected chi connectivity index (χ3v) is 13.8. The molecule has 0 saturated carbocycles. The quantitative estimate of drug-likeness (QED) is 0.121. The van der Waals surface area contributed by atoms with Gasteiger partial charge in [-0.3, -0.25) is 0 Å². The van der Waals surface area contributed by atoms with E-state index in [-0.39, 0.29) is 45.3 Å². The Bertz CT molecular complexity index is 2460. The second kappa shape index (κ2) is 20.5. The molecule has 2 atom stereocenters. The summed E-state index contributed by atoms with van der Waals surface area (Å²) in [6.45, 7) is 41.2. The zero-order valence-electron chi connectivity index (χ0n) is 46.2. The summed E-state index contributed by atoms with van der Waals surface area (Å²) in [5.41, 5.74) is 13.9. The van der Waals surface area contributed by atoms with Crippen molar-refractivity contribution in [1.82, 2.24) is 0 Å². The second-order valence-corrected chi connectivity index (χ2v) is 26.1. The van der Waals surface area contributed by atoms with Crippen LogP contribution in [-0.4, -0.2) is 10.2 Å². The van der Waals surface area contributed by atoms with Crippen molar-refractivity contribution < 1.29 is 19.7 Å². The monoisotopic (exact) mass is 943 g/mol. The first kappa shape index (κ1) is 54.2. The molecule has 6 rings (SSSR count).